The monoisotopic (exact) mass is 214 g/mol. The van der Waals surface area contributed by atoms with Crippen molar-refractivity contribution in [2.75, 3.05) is 6.54 Å². The Morgan fingerprint density at radius 2 is 2.13 bits per heavy atom. The van der Waals surface area contributed by atoms with Crippen LogP contribution in [0, 0.1) is 0 Å². The standard InChI is InChI=1S/C11H22N2O2/c1-11(2,3)15-10(14)9(12)8-6-4-5-7-13-8/h8-9,13H,4-7,12H2,1-3H3/t8-,9-/m1/s1. The van der Waals surface area contributed by atoms with Crippen LogP contribution in [0.4, 0.5) is 0 Å². The number of nitrogens with one attached hydrogen (secondary N) is 1. The van der Waals surface area contributed by atoms with Crippen molar-refractivity contribution in [1.82, 2.24) is 5.32 Å². The minimum atomic E-state index is -0.537. The van der Waals surface area contributed by atoms with Crippen molar-refractivity contribution in [2.24, 2.45) is 5.73 Å². The van der Waals surface area contributed by atoms with Gasteiger partial charge in [-0.05, 0) is 40.2 Å². The fraction of sp³-hybridized carbons (Fsp3) is 0.909. The molecular weight excluding hydrogens is 192 g/mol. The van der Waals surface area contributed by atoms with Crippen LogP contribution in [0.15, 0.2) is 0 Å². The Morgan fingerprint density at radius 1 is 1.47 bits per heavy atom. The van der Waals surface area contributed by atoms with Gasteiger partial charge in [-0.25, -0.2) is 0 Å². The molecule has 2 atom stereocenters. The molecule has 0 bridgehead atoms. The van der Waals surface area contributed by atoms with Crippen molar-refractivity contribution >= 4 is 5.97 Å². The highest BCUT2D eigenvalue weighted by Gasteiger charge is 2.29. The van der Waals surface area contributed by atoms with E-state index in [2.05, 4.69) is 5.32 Å². The highest BCUT2D eigenvalue weighted by molar-refractivity contribution is 5.76. The number of piperidine rings is 1. The van der Waals surface area contributed by atoms with Crippen molar-refractivity contribution in [3.05, 3.63) is 0 Å². The third kappa shape index (κ3) is 4.18. The van der Waals surface area contributed by atoms with Crippen molar-refractivity contribution in [3.8, 4) is 0 Å². The lowest BCUT2D eigenvalue weighted by atomic mass is 9.98. The number of hydrogen-bond donors (Lipinski definition) is 2. The Morgan fingerprint density at radius 3 is 2.60 bits per heavy atom. The van der Waals surface area contributed by atoms with Gasteiger partial charge in [0.15, 0.2) is 0 Å². The lowest BCUT2D eigenvalue weighted by Crippen LogP contribution is -2.53. The highest BCUT2D eigenvalue weighted by Crippen LogP contribution is 2.13. The molecule has 0 radical (unpaired) electrons. The van der Waals surface area contributed by atoms with Gasteiger partial charge < -0.3 is 15.8 Å². The van der Waals surface area contributed by atoms with Gasteiger partial charge in [0.2, 0.25) is 0 Å². The number of rotatable bonds is 2. The van der Waals surface area contributed by atoms with E-state index in [4.69, 9.17) is 10.5 Å². The van der Waals surface area contributed by atoms with E-state index in [9.17, 15) is 4.79 Å². The summed E-state index contributed by atoms with van der Waals surface area (Å²) < 4.78 is 5.25. The van der Waals surface area contributed by atoms with E-state index in [0.29, 0.717) is 0 Å². The average Bonchev–Trinajstić information content (AvgIpc) is 2.15. The molecule has 15 heavy (non-hydrogen) atoms. The zero-order valence-corrected chi connectivity index (χ0v) is 9.88. The lowest BCUT2D eigenvalue weighted by Gasteiger charge is -2.29. The molecule has 1 fully saturated rings. The zero-order chi connectivity index (χ0) is 11.5. The molecule has 0 amide bonds. The normalized spacial score (nSPS) is 24.7. The third-order valence-electron chi connectivity index (χ3n) is 2.46. The second kappa shape index (κ2) is 4.94. The maximum atomic E-state index is 11.7. The minimum Gasteiger partial charge on any atom is -0.459 e. The topological polar surface area (TPSA) is 64.3 Å². The number of esters is 1. The van der Waals surface area contributed by atoms with E-state index in [1.54, 1.807) is 0 Å². The van der Waals surface area contributed by atoms with E-state index in [-0.39, 0.29) is 12.0 Å². The maximum Gasteiger partial charge on any atom is 0.325 e. The lowest BCUT2D eigenvalue weighted by molar-refractivity contribution is -0.157. The highest BCUT2D eigenvalue weighted by atomic mass is 16.6. The molecule has 88 valence electrons. The third-order valence-corrected chi connectivity index (χ3v) is 2.46. The zero-order valence-electron chi connectivity index (χ0n) is 9.88. The van der Waals surface area contributed by atoms with Gasteiger partial charge in [0.25, 0.3) is 0 Å². The summed E-state index contributed by atoms with van der Waals surface area (Å²) >= 11 is 0. The summed E-state index contributed by atoms with van der Waals surface area (Å²) in [5, 5.41) is 3.26. The van der Waals surface area contributed by atoms with Crippen molar-refractivity contribution in [3.63, 3.8) is 0 Å². The fourth-order valence-electron chi connectivity index (χ4n) is 1.72. The smallest absolute Gasteiger partial charge is 0.325 e. The van der Waals surface area contributed by atoms with Crippen LogP contribution >= 0.6 is 0 Å². The quantitative estimate of drug-likeness (QED) is 0.667. The Kier molecular flexibility index (Phi) is 4.11. The first kappa shape index (κ1) is 12.5. The number of carbonyl (C=O) groups is 1. The van der Waals surface area contributed by atoms with E-state index in [1.165, 1.54) is 0 Å². The number of nitrogens with two attached hydrogens (primary N) is 1. The summed E-state index contributed by atoms with van der Waals surface area (Å²) in [6.07, 6.45) is 3.26. The molecular formula is C11H22N2O2. The predicted molar refractivity (Wildman–Crippen MR) is 59.5 cm³/mol. The molecule has 4 heteroatoms. The molecule has 0 aromatic rings. The van der Waals surface area contributed by atoms with Crippen LogP contribution in [-0.2, 0) is 9.53 Å². The van der Waals surface area contributed by atoms with Gasteiger partial charge in [-0.1, -0.05) is 6.42 Å². The molecule has 0 unspecified atom stereocenters. The van der Waals surface area contributed by atoms with E-state index < -0.39 is 11.6 Å². The van der Waals surface area contributed by atoms with Gasteiger partial charge >= 0.3 is 5.97 Å². The molecule has 3 N–H and O–H groups in total. The molecule has 1 rings (SSSR count). The second-order valence-corrected chi connectivity index (χ2v) is 5.12. The summed E-state index contributed by atoms with van der Waals surface area (Å²) in [6, 6.07) is -0.460. The first-order valence-electron chi connectivity index (χ1n) is 5.62. The van der Waals surface area contributed by atoms with E-state index in [1.807, 2.05) is 20.8 Å². The molecule has 0 aromatic heterocycles. The molecule has 1 heterocycles. The SMILES string of the molecule is CC(C)(C)OC(=O)[C@H](N)[C@H]1CCCCN1. The first-order valence-corrected chi connectivity index (χ1v) is 5.62. The fourth-order valence-corrected chi connectivity index (χ4v) is 1.72. The van der Waals surface area contributed by atoms with Crippen LogP contribution in [0.3, 0.4) is 0 Å². The van der Waals surface area contributed by atoms with Crippen LogP contribution in [0.1, 0.15) is 40.0 Å². The molecule has 0 spiro atoms. The van der Waals surface area contributed by atoms with Crippen molar-refractivity contribution in [2.45, 2.75) is 57.7 Å². The average molecular weight is 214 g/mol. The van der Waals surface area contributed by atoms with E-state index in [0.717, 1.165) is 25.8 Å². The Balaban J connectivity index is 2.44. The molecule has 4 nitrogen and oxygen atoms in total. The predicted octanol–water partition coefficient (Wildman–Crippen LogP) is 0.797. The molecule has 1 saturated heterocycles. The molecule has 1 aliphatic rings. The summed E-state index contributed by atoms with van der Waals surface area (Å²) in [7, 11) is 0. The van der Waals surface area contributed by atoms with E-state index >= 15 is 0 Å². The summed E-state index contributed by atoms with van der Waals surface area (Å²) in [5.41, 5.74) is 5.41. The van der Waals surface area contributed by atoms with Gasteiger partial charge in [0, 0.05) is 6.04 Å². The summed E-state index contributed by atoms with van der Waals surface area (Å²) in [6.45, 7) is 6.50. The Hall–Kier alpha value is -0.610. The van der Waals surface area contributed by atoms with Crippen LogP contribution in [0.25, 0.3) is 0 Å². The minimum absolute atomic E-state index is 0.0774. The number of hydrogen-bond acceptors (Lipinski definition) is 4. The van der Waals surface area contributed by atoms with Crippen LogP contribution in [0.2, 0.25) is 0 Å². The second-order valence-electron chi connectivity index (χ2n) is 5.12. The number of ether oxygens (including phenoxy) is 1. The largest absolute Gasteiger partial charge is 0.459 e. The maximum absolute atomic E-state index is 11.7. The van der Waals surface area contributed by atoms with Crippen LogP contribution in [-0.4, -0.2) is 30.2 Å². The molecule has 0 saturated carbocycles. The molecule has 0 aliphatic carbocycles. The number of carbonyl (C=O) groups excluding carboxylic acids is 1. The van der Waals surface area contributed by atoms with Crippen LogP contribution < -0.4 is 11.1 Å². The van der Waals surface area contributed by atoms with Gasteiger partial charge in [0.1, 0.15) is 11.6 Å². The summed E-state index contributed by atoms with van der Waals surface area (Å²) in [5.74, 6) is -0.304. The molecule has 0 aromatic carbocycles. The Bertz CT molecular complexity index is 217. The van der Waals surface area contributed by atoms with Crippen molar-refractivity contribution < 1.29 is 9.53 Å². The van der Waals surface area contributed by atoms with Crippen molar-refractivity contribution in [1.29, 1.82) is 0 Å². The van der Waals surface area contributed by atoms with Crippen LogP contribution in [0.5, 0.6) is 0 Å². The Labute approximate surface area is 91.5 Å². The van der Waals surface area contributed by atoms with Gasteiger partial charge in [-0.3, -0.25) is 4.79 Å². The van der Waals surface area contributed by atoms with Gasteiger partial charge in [-0.2, -0.15) is 0 Å². The van der Waals surface area contributed by atoms with Gasteiger partial charge in [-0.15, -0.1) is 0 Å². The molecule has 1 aliphatic heterocycles. The first-order chi connectivity index (χ1) is 6.90. The summed E-state index contributed by atoms with van der Waals surface area (Å²) in [4.78, 5) is 11.7. The van der Waals surface area contributed by atoms with Gasteiger partial charge in [0.05, 0.1) is 0 Å².